The molecular formula is C53H77NO7. The number of Topliss-reactive ketones (excluding diaryl/α,β-unsaturated/α-hetero) is 1. The Kier molecular flexibility index (Phi) is 12.8. The summed E-state index contributed by atoms with van der Waals surface area (Å²) in [7, 11) is 0. The Morgan fingerprint density at radius 2 is 1.08 bits per heavy atom. The molecule has 8 heteroatoms. The summed E-state index contributed by atoms with van der Waals surface area (Å²) in [5.41, 5.74) is 10.4. The molecule has 4 atom stereocenters. The molecule has 2 saturated carbocycles. The van der Waals surface area contributed by atoms with Gasteiger partial charge in [-0.05, 0) is 156 Å². The van der Waals surface area contributed by atoms with Crippen LogP contribution in [0, 0.1) is 17.3 Å². The van der Waals surface area contributed by atoms with Crippen molar-refractivity contribution in [1.29, 1.82) is 0 Å². The van der Waals surface area contributed by atoms with Gasteiger partial charge in [-0.2, -0.15) is 0 Å². The molecule has 0 saturated heterocycles. The number of fused-ring (bicyclic) bond motifs is 6. The van der Waals surface area contributed by atoms with Crippen LogP contribution in [-0.4, -0.2) is 43.8 Å². The number of nitrogens with two attached hydrogens (primary N) is 1. The Hall–Kier alpha value is -3.78. The van der Waals surface area contributed by atoms with Crippen molar-refractivity contribution in [3.05, 3.63) is 69.8 Å². The van der Waals surface area contributed by atoms with E-state index in [1.54, 1.807) is 0 Å². The van der Waals surface area contributed by atoms with E-state index in [0.29, 0.717) is 48.5 Å². The molecule has 6 aliphatic rings. The lowest BCUT2D eigenvalue weighted by Gasteiger charge is -2.47. The highest BCUT2D eigenvalue weighted by molar-refractivity contribution is 5.96. The number of phenols is 2. The molecule has 0 aromatic heterocycles. The maximum atomic E-state index is 13.0. The van der Waals surface area contributed by atoms with Gasteiger partial charge in [0.05, 0.1) is 0 Å². The first-order chi connectivity index (χ1) is 28.2. The Bertz CT molecular complexity index is 2060. The van der Waals surface area contributed by atoms with Crippen molar-refractivity contribution in [3.8, 4) is 23.0 Å². The highest BCUT2D eigenvalue weighted by Gasteiger charge is 2.49. The quantitative estimate of drug-likeness (QED) is 0.185. The van der Waals surface area contributed by atoms with E-state index in [2.05, 4.69) is 101 Å². The van der Waals surface area contributed by atoms with Crippen molar-refractivity contribution in [1.82, 2.24) is 0 Å². The Balaban J connectivity index is 0.000000184. The molecule has 5 N–H and O–H groups in total. The van der Waals surface area contributed by atoms with E-state index in [4.69, 9.17) is 15.2 Å². The van der Waals surface area contributed by atoms with Crippen LogP contribution >= 0.6 is 0 Å². The monoisotopic (exact) mass is 840 g/mol. The second-order valence-corrected chi connectivity index (χ2v) is 22.6. The van der Waals surface area contributed by atoms with Crippen molar-refractivity contribution in [2.45, 2.75) is 206 Å². The molecule has 61 heavy (non-hydrogen) atoms. The van der Waals surface area contributed by atoms with Gasteiger partial charge in [-0.1, -0.05) is 73.5 Å². The van der Waals surface area contributed by atoms with Crippen molar-refractivity contribution in [2.75, 3.05) is 0 Å². The number of phenolic OH excluding ortho intramolecular Hbond substituents is 2. The first-order valence-electron chi connectivity index (χ1n) is 23.3. The summed E-state index contributed by atoms with van der Waals surface area (Å²) in [5, 5.41) is 31.4. The van der Waals surface area contributed by atoms with E-state index < -0.39 is 11.6 Å². The van der Waals surface area contributed by atoms with Gasteiger partial charge in [0, 0.05) is 52.3 Å². The van der Waals surface area contributed by atoms with Gasteiger partial charge in [-0.25, -0.2) is 4.79 Å². The van der Waals surface area contributed by atoms with Crippen molar-refractivity contribution in [3.63, 3.8) is 0 Å². The van der Waals surface area contributed by atoms with Crippen LogP contribution < -0.4 is 15.2 Å². The molecule has 4 aliphatic carbocycles. The van der Waals surface area contributed by atoms with Gasteiger partial charge >= 0.3 is 5.97 Å². The topological polar surface area (TPSA) is 139 Å². The van der Waals surface area contributed by atoms with E-state index in [1.165, 1.54) is 25.7 Å². The Labute approximate surface area is 366 Å². The molecule has 0 radical (unpaired) electrons. The maximum Gasteiger partial charge on any atom is 0.331 e. The number of allylic oxidation sites excluding steroid dienone is 3. The van der Waals surface area contributed by atoms with Gasteiger partial charge in [0.15, 0.2) is 5.78 Å². The van der Waals surface area contributed by atoms with Crippen LogP contribution in [0.3, 0.4) is 0 Å². The molecule has 8 nitrogen and oxygen atoms in total. The summed E-state index contributed by atoms with van der Waals surface area (Å²) in [5.74, 6) is 2.03. The second-order valence-electron chi connectivity index (χ2n) is 22.6. The number of benzene rings is 2. The summed E-state index contributed by atoms with van der Waals surface area (Å²) < 4.78 is 12.8. The zero-order valence-electron chi connectivity index (χ0n) is 39.5. The summed E-state index contributed by atoms with van der Waals surface area (Å²) in [6.45, 7) is 25.9. The average Bonchev–Trinajstić information content (AvgIpc) is 4.07. The third-order valence-corrected chi connectivity index (χ3v) is 15.3. The van der Waals surface area contributed by atoms with Crippen LogP contribution in [0.5, 0.6) is 23.0 Å². The first-order valence-corrected chi connectivity index (χ1v) is 23.3. The number of aliphatic carboxylic acids is 1. The SMILES string of the molecule is CC1(N)CC1.CCCC(C)(C)c1cc(O)c2c(c1)OC(C)(C)[C@@H]1CC=C(C(=O)CC3(C)CC3)C[C@@H]21.CCCC(C)(C)c1cc(O)c2c(c1)OC(C)(C)[C@@H]1CC=C(C(=O)O)C[C@@H]21. The molecule has 2 fully saturated rings. The minimum absolute atomic E-state index is 0.0150. The van der Waals surface area contributed by atoms with Crippen LogP contribution in [-0.2, 0) is 20.4 Å². The van der Waals surface area contributed by atoms with Crippen LogP contribution in [0.4, 0.5) is 0 Å². The van der Waals surface area contributed by atoms with E-state index in [9.17, 15) is 24.9 Å². The lowest BCUT2D eigenvalue weighted by atomic mass is 9.66. The van der Waals surface area contributed by atoms with Crippen molar-refractivity contribution >= 4 is 11.8 Å². The number of ether oxygens (including phenoxy) is 2. The molecule has 336 valence electrons. The highest BCUT2D eigenvalue weighted by atomic mass is 16.5. The normalized spacial score (nSPS) is 25.6. The molecule has 2 aliphatic heterocycles. The fourth-order valence-corrected chi connectivity index (χ4v) is 10.6. The third-order valence-electron chi connectivity index (χ3n) is 15.3. The number of carboxylic acid groups (broad SMARTS) is 1. The van der Waals surface area contributed by atoms with Crippen molar-refractivity contribution in [2.24, 2.45) is 23.0 Å². The molecule has 0 unspecified atom stereocenters. The van der Waals surface area contributed by atoms with E-state index in [-0.39, 0.29) is 56.8 Å². The van der Waals surface area contributed by atoms with Crippen LogP contribution in [0.1, 0.15) is 201 Å². The number of hydrogen-bond acceptors (Lipinski definition) is 7. The standard InChI is InChI=1S/C27H38O3.C22H30O4.C4H9N/c1-7-10-25(2,3)18-14-21(28)24-19-13-17(22(29)16-27(6)11-12-27)8-9-20(19)26(4,5)30-23(24)15-18;1-6-9-21(2,3)14-11-17(23)19-15-10-13(20(24)25)7-8-16(15)22(4,5)26-18(19)12-14;1-4(5)2-3-4/h8,14-15,19-20,28H,7,9-13,16H2,1-6H3;7,11-12,15-16,23H,6,8-10H2,1-5H3,(H,24,25);2-3,5H2,1H3/t19-,20-;15-,16-;/m11./s1. The number of carbonyl (C=O) groups is 2. The fraction of sp³-hybridized carbons (Fsp3) is 0.660. The van der Waals surface area contributed by atoms with Crippen LogP contribution in [0.25, 0.3) is 0 Å². The molecule has 2 aromatic rings. The molecular weight excluding hydrogens is 763 g/mol. The van der Waals surface area contributed by atoms with E-state index in [1.807, 2.05) is 18.2 Å². The molecule has 8 rings (SSSR count). The molecule has 2 heterocycles. The smallest absolute Gasteiger partial charge is 0.331 e. The lowest BCUT2D eigenvalue weighted by Crippen LogP contribution is -2.46. The minimum Gasteiger partial charge on any atom is -0.508 e. The Morgan fingerprint density at radius 1 is 0.689 bits per heavy atom. The summed E-state index contributed by atoms with van der Waals surface area (Å²) in [6, 6.07) is 8.00. The number of rotatable bonds is 10. The minimum atomic E-state index is -0.866. The number of aromatic hydroxyl groups is 2. The Morgan fingerprint density at radius 3 is 1.44 bits per heavy atom. The summed E-state index contributed by atoms with van der Waals surface area (Å²) in [4.78, 5) is 24.5. The largest absolute Gasteiger partial charge is 0.508 e. The number of ketones is 1. The average molecular weight is 840 g/mol. The number of carboxylic acids is 1. The maximum absolute atomic E-state index is 13.0. The van der Waals surface area contributed by atoms with Crippen LogP contribution in [0.15, 0.2) is 47.6 Å². The summed E-state index contributed by atoms with van der Waals surface area (Å²) >= 11 is 0. The molecule has 2 aromatic carbocycles. The number of carbonyl (C=O) groups excluding carboxylic acids is 1. The zero-order chi connectivity index (χ0) is 45.1. The summed E-state index contributed by atoms with van der Waals surface area (Å²) in [6.07, 6.45) is 16.3. The molecule has 0 spiro atoms. The van der Waals surface area contributed by atoms with Gasteiger partial charge in [-0.15, -0.1) is 0 Å². The number of hydrogen-bond donors (Lipinski definition) is 4. The molecule has 0 amide bonds. The second kappa shape index (κ2) is 16.7. The van der Waals surface area contributed by atoms with Gasteiger partial charge in [0.2, 0.25) is 0 Å². The van der Waals surface area contributed by atoms with Crippen LogP contribution in [0.2, 0.25) is 0 Å². The van der Waals surface area contributed by atoms with Crippen molar-refractivity contribution < 1.29 is 34.4 Å². The van der Waals surface area contributed by atoms with Gasteiger partial charge in [-0.3, -0.25) is 4.79 Å². The van der Waals surface area contributed by atoms with Gasteiger partial charge < -0.3 is 30.5 Å². The molecule has 0 bridgehead atoms. The van der Waals surface area contributed by atoms with Gasteiger partial charge in [0.1, 0.15) is 34.2 Å². The first kappa shape index (κ1) is 46.7. The van der Waals surface area contributed by atoms with E-state index >= 15 is 0 Å². The fourth-order valence-electron chi connectivity index (χ4n) is 10.6. The third kappa shape index (κ3) is 10.2. The predicted octanol–water partition coefficient (Wildman–Crippen LogP) is 12.5. The lowest BCUT2D eigenvalue weighted by molar-refractivity contribution is -0.133. The highest BCUT2D eigenvalue weighted by Crippen LogP contribution is 2.57. The van der Waals surface area contributed by atoms with Gasteiger partial charge in [0.25, 0.3) is 0 Å². The predicted molar refractivity (Wildman–Crippen MR) is 245 cm³/mol. The van der Waals surface area contributed by atoms with E-state index in [0.717, 1.165) is 65.7 Å². The zero-order valence-corrected chi connectivity index (χ0v) is 39.5.